The molecule has 0 nitrogen and oxygen atoms in total. The molecular weight excluding hydrogens is 220 g/mol. The highest BCUT2D eigenvalue weighted by molar-refractivity contribution is 9.09. The van der Waals surface area contributed by atoms with E-state index in [1.165, 1.54) is 0 Å². The Bertz CT molecular complexity index is 8.04. The largest absolute Gasteiger partial charge is 0.0931 e. The van der Waals surface area contributed by atoms with Crippen molar-refractivity contribution in [1.29, 1.82) is 0 Å². The van der Waals surface area contributed by atoms with E-state index in [-0.39, 0.29) is 7.43 Å². The molecule has 0 spiro atoms. The van der Waals surface area contributed by atoms with Gasteiger partial charge in [0.2, 0.25) is 0 Å². The van der Waals surface area contributed by atoms with Gasteiger partial charge in [-0.3, -0.25) is 0 Å². The first-order chi connectivity index (χ1) is 2.83. The third kappa shape index (κ3) is 186. The highest BCUT2D eigenvalue weighted by atomic mass is 79.9. The van der Waals surface area contributed by atoms with Crippen molar-refractivity contribution in [3.8, 4) is 0 Å². The van der Waals surface area contributed by atoms with Crippen molar-refractivity contribution in [1.82, 2.24) is 0 Å². The lowest BCUT2D eigenvalue weighted by Gasteiger charge is -1.45. The molecule has 0 radical (unpaired) electrons. The molecule has 0 rings (SSSR count). The third-order valence-electron chi connectivity index (χ3n) is 0. The van der Waals surface area contributed by atoms with Crippen LogP contribution in [0, 0.1) is 0 Å². The molecule has 0 aliphatic carbocycles. The van der Waals surface area contributed by atoms with E-state index in [4.69, 9.17) is 0 Å². The van der Waals surface area contributed by atoms with Crippen LogP contribution in [0.5, 0.6) is 0 Å². The summed E-state index contributed by atoms with van der Waals surface area (Å²) in [6, 6.07) is 0. The van der Waals surface area contributed by atoms with E-state index in [2.05, 4.69) is 31.9 Å². The maximum absolute atomic E-state index is 3.15. The van der Waals surface area contributed by atoms with Crippen LogP contribution in [0.1, 0.15) is 21.3 Å². The summed E-state index contributed by atoms with van der Waals surface area (Å²) in [6.07, 6.45) is 0. The number of halogens is 2. The average molecular weight is 234 g/mol. The second kappa shape index (κ2) is 28.2. The van der Waals surface area contributed by atoms with Crippen molar-refractivity contribution >= 4 is 31.9 Å². The average Bonchev–Trinajstić information content (AvgIpc) is 1.39. The van der Waals surface area contributed by atoms with E-state index >= 15 is 0 Å². The molecule has 48 valence electrons. The Kier molecular flexibility index (Phi) is 63.2. The molecular formula is C5H14Br2. The highest BCUT2D eigenvalue weighted by Crippen LogP contribution is 1.67. The Hall–Kier alpha value is 0.960. The number of hydrogen-bond donors (Lipinski definition) is 0. The summed E-state index contributed by atoms with van der Waals surface area (Å²) in [7, 11) is 0. The minimum Gasteiger partial charge on any atom is -0.0931 e. The van der Waals surface area contributed by atoms with Gasteiger partial charge in [0.1, 0.15) is 0 Å². The van der Waals surface area contributed by atoms with Crippen LogP contribution in [0.2, 0.25) is 0 Å². The van der Waals surface area contributed by atoms with Gasteiger partial charge in [-0.1, -0.05) is 53.1 Å². The fraction of sp³-hybridized carbons (Fsp3) is 1.00. The van der Waals surface area contributed by atoms with Gasteiger partial charge in [0, 0.05) is 10.7 Å². The van der Waals surface area contributed by atoms with Crippen molar-refractivity contribution in [2.45, 2.75) is 21.3 Å². The molecule has 0 heterocycles. The SMILES string of the molecule is C.CCBr.CCBr. The Morgan fingerprint density at radius 1 is 1.00 bits per heavy atom. The lowest BCUT2D eigenvalue weighted by Crippen LogP contribution is -1.34. The molecule has 0 saturated heterocycles. The van der Waals surface area contributed by atoms with Crippen LogP contribution >= 0.6 is 31.9 Å². The van der Waals surface area contributed by atoms with Gasteiger partial charge in [0.15, 0.2) is 0 Å². The van der Waals surface area contributed by atoms with Crippen LogP contribution < -0.4 is 0 Å². The van der Waals surface area contributed by atoms with E-state index in [0.717, 1.165) is 10.7 Å². The normalized spacial score (nSPS) is 5.14. The summed E-state index contributed by atoms with van der Waals surface area (Å²) in [4.78, 5) is 0. The summed E-state index contributed by atoms with van der Waals surface area (Å²) in [5, 5.41) is 2.12. The van der Waals surface area contributed by atoms with Crippen LogP contribution in [0.4, 0.5) is 0 Å². The fourth-order valence-electron chi connectivity index (χ4n) is 0. The Labute approximate surface area is 63.9 Å². The van der Waals surface area contributed by atoms with Crippen LogP contribution in [0.25, 0.3) is 0 Å². The molecule has 0 aliphatic heterocycles. The van der Waals surface area contributed by atoms with E-state index in [1.54, 1.807) is 0 Å². The Morgan fingerprint density at radius 2 is 1.00 bits per heavy atom. The smallest absolute Gasteiger partial charge is 0.000281 e. The van der Waals surface area contributed by atoms with Gasteiger partial charge in [0.05, 0.1) is 0 Å². The molecule has 0 aromatic carbocycles. The van der Waals surface area contributed by atoms with Crippen molar-refractivity contribution in [2.24, 2.45) is 0 Å². The summed E-state index contributed by atoms with van der Waals surface area (Å²) in [5.74, 6) is 0. The number of alkyl halides is 2. The zero-order valence-corrected chi connectivity index (χ0v) is 7.34. The first-order valence-electron chi connectivity index (χ1n) is 1.95. The van der Waals surface area contributed by atoms with E-state index < -0.39 is 0 Å². The second-order valence-corrected chi connectivity index (χ2v) is 2.78. The zero-order valence-electron chi connectivity index (χ0n) is 4.17. The number of rotatable bonds is 0. The fourth-order valence-corrected chi connectivity index (χ4v) is 0. The minimum absolute atomic E-state index is 0. The van der Waals surface area contributed by atoms with Crippen molar-refractivity contribution in [2.75, 3.05) is 10.7 Å². The molecule has 0 bridgehead atoms. The minimum atomic E-state index is 0. The Morgan fingerprint density at radius 3 is 1.00 bits per heavy atom. The molecule has 0 atom stereocenters. The molecule has 0 unspecified atom stereocenters. The summed E-state index contributed by atoms with van der Waals surface area (Å²) in [5.41, 5.74) is 0. The molecule has 0 amide bonds. The van der Waals surface area contributed by atoms with E-state index in [1.807, 2.05) is 13.8 Å². The first-order valence-corrected chi connectivity index (χ1v) is 4.19. The highest BCUT2D eigenvalue weighted by Gasteiger charge is 1.38. The summed E-state index contributed by atoms with van der Waals surface area (Å²) < 4.78 is 0. The van der Waals surface area contributed by atoms with Crippen molar-refractivity contribution < 1.29 is 0 Å². The standard InChI is InChI=1S/2C2H5Br.CH4/c2*1-2-3;/h2*2H2,1H3;1H4. The predicted molar refractivity (Wildman–Crippen MR) is 45.7 cm³/mol. The van der Waals surface area contributed by atoms with Gasteiger partial charge >= 0.3 is 0 Å². The molecule has 0 saturated carbocycles. The van der Waals surface area contributed by atoms with Crippen LogP contribution in [0.15, 0.2) is 0 Å². The second-order valence-electron chi connectivity index (χ2n) is 0.535. The molecule has 2 heteroatoms. The Balaban J connectivity index is -0.0000000400. The molecule has 0 N–H and O–H groups in total. The van der Waals surface area contributed by atoms with Crippen molar-refractivity contribution in [3.05, 3.63) is 0 Å². The zero-order chi connectivity index (χ0) is 5.41. The predicted octanol–water partition coefficient (Wildman–Crippen LogP) is 3.44. The van der Waals surface area contributed by atoms with Gasteiger partial charge in [-0.15, -0.1) is 0 Å². The molecule has 0 aromatic rings. The molecule has 0 fully saturated rings. The summed E-state index contributed by atoms with van der Waals surface area (Å²) in [6.45, 7) is 4.08. The monoisotopic (exact) mass is 232 g/mol. The lowest BCUT2D eigenvalue weighted by molar-refractivity contribution is 1.56. The van der Waals surface area contributed by atoms with Crippen molar-refractivity contribution in [3.63, 3.8) is 0 Å². The molecule has 7 heavy (non-hydrogen) atoms. The molecule has 0 aliphatic rings. The molecule has 0 aromatic heterocycles. The quantitative estimate of drug-likeness (QED) is 0.563. The first kappa shape index (κ1) is 15.7. The van der Waals surface area contributed by atoms with Crippen LogP contribution in [-0.4, -0.2) is 10.7 Å². The number of hydrogen-bond acceptors (Lipinski definition) is 0. The topological polar surface area (TPSA) is 0 Å². The van der Waals surface area contributed by atoms with E-state index in [9.17, 15) is 0 Å². The van der Waals surface area contributed by atoms with Gasteiger partial charge in [-0.25, -0.2) is 0 Å². The van der Waals surface area contributed by atoms with Gasteiger partial charge in [-0.05, 0) is 0 Å². The van der Waals surface area contributed by atoms with Gasteiger partial charge in [0.25, 0.3) is 0 Å². The lowest BCUT2D eigenvalue weighted by atomic mass is 11.0. The van der Waals surface area contributed by atoms with E-state index in [0.29, 0.717) is 0 Å². The van der Waals surface area contributed by atoms with Crippen LogP contribution in [0.3, 0.4) is 0 Å². The third-order valence-corrected chi connectivity index (χ3v) is 0. The van der Waals surface area contributed by atoms with Gasteiger partial charge in [-0.2, -0.15) is 0 Å². The van der Waals surface area contributed by atoms with Gasteiger partial charge < -0.3 is 0 Å². The maximum Gasteiger partial charge on any atom is 0.000281 e. The van der Waals surface area contributed by atoms with Crippen LogP contribution in [-0.2, 0) is 0 Å². The maximum atomic E-state index is 3.15. The summed E-state index contributed by atoms with van der Waals surface area (Å²) >= 11 is 6.29.